The van der Waals surface area contributed by atoms with E-state index in [0.29, 0.717) is 17.1 Å². The van der Waals surface area contributed by atoms with Crippen molar-refractivity contribution in [2.24, 2.45) is 0 Å². The Balaban J connectivity index is 1.77. The molecule has 0 aliphatic heterocycles. The number of sulfonamides is 1. The van der Waals surface area contributed by atoms with Crippen LogP contribution in [0, 0.1) is 19.7 Å². The van der Waals surface area contributed by atoms with Crippen molar-refractivity contribution in [3.63, 3.8) is 0 Å². The molecule has 0 saturated carbocycles. The van der Waals surface area contributed by atoms with Crippen molar-refractivity contribution in [2.45, 2.75) is 24.6 Å². The monoisotopic (exact) mass is 365 g/mol. The number of thiophene rings is 1. The average Bonchev–Trinajstić information content (AvgIpc) is 3.15. The van der Waals surface area contributed by atoms with Gasteiger partial charge >= 0.3 is 0 Å². The summed E-state index contributed by atoms with van der Waals surface area (Å²) in [6.07, 6.45) is 3.27. The quantitative estimate of drug-likeness (QED) is 0.755. The number of nitrogens with zero attached hydrogens (tertiary/aromatic N) is 2. The van der Waals surface area contributed by atoms with Gasteiger partial charge in [-0.3, -0.25) is 0 Å². The fraction of sp³-hybridized carbons (Fsp3) is 0.188. The van der Waals surface area contributed by atoms with Gasteiger partial charge in [-0.15, -0.1) is 11.3 Å². The van der Waals surface area contributed by atoms with Crippen LogP contribution in [0.4, 0.5) is 4.39 Å². The molecule has 8 heteroatoms. The highest BCUT2D eigenvalue weighted by Gasteiger charge is 2.16. The first-order valence-corrected chi connectivity index (χ1v) is 9.51. The first-order chi connectivity index (χ1) is 11.4. The van der Waals surface area contributed by atoms with E-state index in [-0.39, 0.29) is 10.8 Å². The number of aryl methyl sites for hydroxylation is 2. The fourth-order valence-electron chi connectivity index (χ4n) is 2.29. The summed E-state index contributed by atoms with van der Waals surface area (Å²) >= 11 is 1.20. The van der Waals surface area contributed by atoms with Gasteiger partial charge in [0, 0.05) is 23.8 Å². The third-order valence-electron chi connectivity index (χ3n) is 3.54. The smallest absolute Gasteiger partial charge is 0.250 e. The van der Waals surface area contributed by atoms with Crippen LogP contribution in [-0.2, 0) is 16.6 Å². The number of hydrogen-bond acceptors (Lipinski definition) is 4. The number of hydrogen-bond donors (Lipinski definition) is 1. The third-order valence-corrected chi connectivity index (χ3v) is 6.44. The molecule has 3 rings (SSSR count). The molecule has 0 amide bonds. The fourth-order valence-corrected chi connectivity index (χ4v) is 4.64. The van der Waals surface area contributed by atoms with Crippen LogP contribution >= 0.6 is 11.3 Å². The van der Waals surface area contributed by atoms with E-state index in [2.05, 4.69) is 9.71 Å². The molecule has 0 saturated heterocycles. The molecule has 0 radical (unpaired) electrons. The Morgan fingerprint density at radius 1 is 1.25 bits per heavy atom. The maximum atomic E-state index is 14.3. The van der Waals surface area contributed by atoms with Crippen molar-refractivity contribution in [1.82, 2.24) is 14.3 Å². The molecule has 126 valence electrons. The van der Waals surface area contributed by atoms with E-state index in [1.54, 1.807) is 48.1 Å². The summed E-state index contributed by atoms with van der Waals surface area (Å²) in [5, 5.41) is 0. The maximum Gasteiger partial charge on any atom is 0.250 e. The zero-order valence-corrected chi connectivity index (χ0v) is 14.8. The zero-order valence-electron chi connectivity index (χ0n) is 13.2. The van der Waals surface area contributed by atoms with Crippen LogP contribution in [0.3, 0.4) is 0 Å². The molecule has 0 atom stereocenters. The van der Waals surface area contributed by atoms with Gasteiger partial charge in [-0.05, 0) is 43.7 Å². The molecule has 24 heavy (non-hydrogen) atoms. The summed E-state index contributed by atoms with van der Waals surface area (Å²) in [5.74, 6) is 0.246. The molecule has 0 fully saturated rings. The van der Waals surface area contributed by atoms with E-state index in [1.807, 2.05) is 6.92 Å². The lowest BCUT2D eigenvalue weighted by molar-refractivity contribution is 0.582. The molecule has 5 nitrogen and oxygen atoms in total. The minimum absolute atomic E-state index is 0.0272. The van der Waals surface area contributed by atoms with Crippen LogP contribution in [-0.4, -0.2) is 18.0 Å². The molecule has 2 heterocycles. The molecule has 1 N–H and O–H groups in total. The average molecular weight is 365 g/mol. The standard InChI is InChI=1S/C16H16FN3O2S2/c1-11-3-6-16(23-11)24(21,22)19-10-13-4-5-15(14(17)9-13)20-8-7-18-12(20)2/h3-9,19H,10H2,1-2H3. The highest BCUT2D eigenvalue weighted by atomic mass is 32.2. The molecule has 0 bridgehead atoms. The van der Waals surface area contributed by atoms with Crippen LogP contribution in [0.2, 0.25) is 0 Å². The van der Waals surface area contributed by atoms with Crippen LogP contribution in [0.15, 0.2) is 46.9 Å². The SMILES string of the molecule is Cc1ccc(S(=O)(=O)NCc2ccc(-n3ccnc3C)c(F)c2)s1. The molecule has 0 unspecified atom stereocenters. The Morgan fingerprint density at radius 2 is 2.04 bits per heavy atom. The Hall–Kier alpha value is -2.03. The second-order valence-electron chi connectivity index (χ2n) is 5.32. The summed E-state index contributed by atoms with van der Waals surface area (Å²) in [6.45, 7) is 3.65. The van der Waals surface area contributed by atoms with Gasteiger partial charge in [0.1, 0.15) is 15.9 Å². The zero-order chi connectivity index (χ0) is 17.3. The van der Waals surface area contributed by atoms with Gasteiger partial charge in [0.25, 0.3) is 0 Å². The van der Waals surface area contributed by atoms with Gasteiger partial charge in [0.15, 0.2) is 0 Å². The van der Waals surface area contributed by atoms with Gasteiger partial charge in [-0.1, -0.05) is 6.07 Å². The predicted octanol–water partition coefficient (Wildman–Crippen LogP) is 3.17. The van der Waals surface area contributed by atoms with E-state index in [4.69, 9.17) is 0 Å². The number of rotatable bonds is 5. The second-order valence-corrected chi connectivity index (χ2v) is 8.60. The summed E-state index contributed by atoms with van der Waals surface area (Å²) in [6, 6.07) is 7.95. The third kappa shape index (κ3) is 3.40. The minimum atomic E-state index is -3.58. The van der Waals surface area contributed by atoms with Crippen LogP contribution < -0.4 is 4.72 Å². The van der Waals surface area contributed by atoms with Gasteiger partial charge in [-0.25, -0.2) is 22.5 Å². The number of halogens is 1. The first kappa shape index (κ1) is 16.8. The van der Waals surface area contributed by atoms with E-state index in [9.17, 15) is 12.8 Å². The molecule has 0 aliphatic rings. The summed E-state index contributed by atoms with van der Waals surface area (Å²) < 4.78 is 43.1. The topological polar surface area (TPSA) is 64.0 Å². The molecular formula is C16H16FN3O2S2. The molecule has 2 aromatic heterocycles. The maximum absolute atomic E-state index is 14.3. The molecule has 0 aliphatic carbocycles. The van der Waals surface area contributed by atoms with Gasteiger partial charge < -0.3 is 4.57 Å². The lowest BCUT2D eigenvalue weighted by Gasteiger charge is -2.09. The Morgan fingerprint density at radius 3 is 2.62 bits per heavy atom. The largest absolute Gasteiger partial charge is 0.301 e. The van der Waals surface area contributed by atoms with Crippen LogP contribution in [0.5, 0.6) is 0 Å². The van der Waals surface area contributed by atoms with Crippen molar-refractivity contribution in [3.8, 4) is 5.69 Å². The predicted molar refractivity (Wildman–Crippen MR) is 91.3 cm³/mol. The van der Waals surface area contributed by atoms with Gasteiger partial charge in [0.2, 0.25) is 10.0 Å². The molecule has 3 aromatic rings. The van der Waals surface area contributed by atoms with E-state index < -0.39 is 15.8 Å². The second kappa shape index (κ2) is 6.46. The molecule has 0 spiro atoms. The first-order valence-electron chi connectivity index (χ1n) is 7.22. The van der Waals surface area contributed by atoms with E-state index >= 15 is 0 Å². The summed E-state index contributed by atoms with van der Waals surface area (Å²) in [7, 11) is -3.58. The highest BCUT2D eigenvalue weighted by Crippen LogP contribution is 2.21. The Kier molecular flexibility index (Phi) is 4.53. The highest BCUT2D eigenvalue weighted by molar-refractivity contribution is 7.91. The lowest BCUT2D eigenvalue weighted by atomic mass is 10.2. The number of imidazole rings is 1. The summed E-state index contributed by atoms with van der Waals surface area (Å²) in [4.78, 5) is 4.98. The van der Waals surface area contributed by atoms with Crippen LogP contribution in [0.25, 0.3) is 5.69 Å². The molecule has 1 aromatic carbocycles. The Bertz CT molecular complexity index is 977. The lowest BCUT2D eigenvalue weighted by Crippen LogP contribution is -2.22. The number of aromatic nitrogens is 2. The van der Waals surface area contributed by atoms with Crippen molar-refractivity contribution in [2.75, 3.05) is 0 Å². The van der Waals surface area contributed by atoms with E-state index in [0.717, 1.165) is 4.88 Å². The number of benzene rings is 1. The normalized spacial score (nSPS) is 11.8. The van der Waals surface area contributed by atoms with Crippen LogP contribution in [0.1, 0.15) is 16.3 Å². The Labute approximate surface area is 143 Å². The number of nitrogens with one attached hydrogen (secondary N) is 1. The van der Waals surface area contributed by atoms with Crippen molar-refractivity contribution in [3.05, 3.63) is 64.8 Å². The van der Waals surface area contributed by atoms with Crippen molar-refractivity contribution >= 4 is 21.4 Å². The minimum Gasteiger partial charge on any atom is -0.301 e. The van der Waals surface area contributed by atoms with E-state index in [1.165, 1.54) is 17.4 Å². The van der Waals surface area contributed by atoms with Gasteiger partial charge in [0.05, 0.1) is 5.69 Å². The van der Waals surface area contributed by atoms with Crippen molar-refractivity contribution in [1.29, 1.82) is 0 Å². The van der Waals surface area contributed by atoms with Crippen molar-refractivity contribution < 1.29 is 12.8 Å². The summed E-state index contributed by atoms with van der Waals surface area (Å²) in [5.41, 5.74) is 0.927. The van der Waals surface area contributed by atoms with Gasteiger partial charge in [-0.2, -0.15) is 0 Å². The molecular weight excluding hydrogens is 349 g/mol.